The van der Waals surface area contributed by atoms with Crippen LogP contribution in [0.1, 0.15) is 46.2 Å². The molecule has 0 aromatic heterocycles. The molecule has 0 radical (unpaired) electrons. The van der Waals surface area contributed by atoms with Crippen LogP contribution >= 0.6 is 0 Å². The van der Waals surface area contributed by atoms with E-state index in [1.807, 2.05) is 37.3 Å². The Morgan fingerprint density at radius 1 is 1.25 bits per heavy atom. The van der Waals surface area contributed by atoms with Crippen LogP contribution in [0, 0.1) is 0 Å². The molecule has 2 rings (SSSR count). The first-order valence-electron chi connectivity index (χ1n) is 8.12. The van der Waals surface area contributed by atoms with Gasteiger partial charge in [0.05, 0.1) is 0 Å². The van der Waals surface area contributed by atoms with Gasteiger partial charge in [0.1, 0.15) is 11.6 Å². The van der Waals surface area contributed by atoms with Gasteiger partial charge in [-0.05, 0) is 40.2 Å². The predicted octanol–water partition coefficient (Wildman–Crippen LogP) is 3.27. The summed E-state index contributed by atoms with van der Waals surface area (Å²) in [7, 11) is 0. The molecule has 1 unspecified atom stereocenters. The lowest BCUT2D eigenvalue weighted by Gasteiger charge is -2.45. The minimum atomic E-state index is -0.763. The van der Waals surface area contributed by atoms with E-state index in [1.165, 1.54) is 0 Å². The molecule has 1 heterocycles. The number of ether oxygens (including phenoxy) is 3. The minimum Gasteiger partial charge on any atom is -0.443 e. The van der Waals surface area contributed by atoms with Crippen LogP contribution in [-0.2, 0) is 19.0 Å². The van der Waals surface area contributed by atoms with Crippen molar-refractivity contribution in [1.29, 1.82) is 0 Å². The highest BCUT2D eigenvalue weighted by Crippen LogP contribution is 2.38. The fourth-order valence-electron chi connectivity index (χ4n) is 2.56. The lowest BCUT2D eigenvalue weighted by atomic mass is 9.91. The summed E-state index contributed by atoms with van der Waals surface area (Å²) < 4.78 is 16.4. The van der Waals surface area contributed by atoms with Gasteiger partial charge >= 0.3 is 6.09 Å². The zero-order chi connectivity index (χ0) is 17.9. The van der Waals surface area contributed by atoms with Gasteiger partial charge in [0.15, 0.2) is 12.4 Å². The number of benzene rings is 1. The standard InChI is InChI=1S/C18H25NO5/c1-6-22-12(2)23-15-14(13-10-8-7-9-11-13)19(16(15)20)17(21)24-18(3,4)5/h7-12,14-15H,6H2,1-5H3/t12?,14-,15+/m1/s1. The van der Waals surface area contributed by atoms with Gasteiger partial charge in [-0.3, -0.25) is 4.79 Å². The third kappa shape index (κ3) is 4.13. The number of carbonyl (C=O) groups excluding carboxylic acids is 2. The Morgan fingerprint density at radius 3 is 2.42 bits per heavy atom. The molecule has 24 heavy (non-hydrogen) atoms. The number of hydrogen-bond donors (Lipinski definition) is 0. The smallest absolute Gasteiger partial charge is 0.417 e. The molecule has 132 valence electrons. The van der Waals surface area contributed by atoms with Gasteiger partial charge in [-0.25, -0.2) is 9.69 Å². The fraction of sp³-hybridized carbons (Fsp3) is 0.556. The molecule has 1 aromatic carbocycles. The van der Waals surface area contributed by atoms with Crippen LogP contribution in [0.15, 0.2) is 30.3 Å². The van der Waals surface area contributed by atoms with Gasteiger partial charge in [-0.15, -0.1) is 0 Å². The molecule has 0 aliphatic carbocycles. The lowest BCUT2D eigenvalue weighted by molar-refractivity contribution is -0.211. The van der Waals surface area contributed by atoms with Crippen LogP contribution in [0.2, 0.25) is 0 Å². The molecule has 2 amide bonds. The quantitative estimate of drug-likeness (QED) is 0.610. The van der Waals surface area contributed by atoms with Crippen LogP contribution < -0.4 is 0 Å². The third-order valence-corrected chi connectivity index (χ3v) is 3.52. The summed E-state index contributed by atoms with van der Waals surface area (Å²) in [6, 6.07) is 8.78. The van der Waals surface area contributed by atoms with Crippen LogP contribution in [0.4, 0.5) is 4.79 Å². The van der Waals surface area contributed by atoms with E-state index in [2.05, 4.69) is 0 Å². The fourth-order valence-corrected chi connectivity index (χ4v) is 2.56. The van der Waals surface area contributed by atoms with Crippen molar-refractivity contribution < 1.29 is 23.8 Å². The molecule has 1 aromatic rings. The maximum atomic E-state index is 12.5. The van der Waals surface area contributed by atoms with Crippen LogP contribution in [0.3, 0.4) is 0 Å². The molecule has 0 N–H and O–H groups in total. The molecule has 1 saturated heterocycles. The number of carbonyl (C=O) groups is 2. The van der Waals surface area contributed by atoms with E-state index in [1.54, 1.807) is 27.7 Å². The van der Waals surface area contributed by atoms with E-state index in [0.717, 1.165) is 10.5 Å². The van der Waals surface area contributed by atoms with Crippen molar-refractivity contribution in [2.45, 2.75) is 58.7 Å². The average molecular weight is 335 g/mol. The van der Waals surface area contributed by atoms with Crippen molar-refractivity contribution in [1.82, 2.24) is 4.90 Å². The van der Waals surface area contributed by atoms with E-state index in [9.17, 15) is 9.59 Å². The second-order valence-corrected chi connectivity index (χ2v) is 6.62. The zero-order valence-electron chi connectivity index (χ0n) is 14.8. The van der Waals surface area contributed by atoms with Gasteiger partial charge in [0.25, 0.3) is 5.91 Å². The normalized spacial score (nSPS) is 22.0. The number of amides is 2. The van der Waals surface area contributed by atoms with Crippen molar-refractivity contribution in [2.24, 2.45) is 0 Å². The second kappa shape index (κ2) is 7.32. The van der Waals surface area contributed by atoms with Gasteiger partial charge in [0.2, 0.25) is 0 Å². The molecule has 6 nitrogen and oxygen atoms in total. The summed E-state index contributed by atoms with van der Waals surface area (Å²) in [5, 5.41) is 0. The number of nitrogens with zero attached hydrogens (tertiary/aromatic N) is 1. The molecule has 0 saturated carbocycles. The molecular formula is C18H25NO5. The Morgan fingerprint density at radius 2 is 1.88 bits per heavy atom. The van der Waals surface area contributed by atoms with Gasteiger partial charge in [-0.2, -0.15) is 0 Å². The van der Waals surface area contributed by atoms with E-state index in [0.29, 0.717) is 6.61 Å². The monoisotopic (exact) mass is 335 g/mol. The first-order valence-corrected chi connectivity index (χ1v) is 8.12. The Kier molecular flexibility index (Phi) is 5.62. The van der Waals surface area contributed by atoms with Crippen molar-refractivity contribution in [3.8, 4) is 0 Å². The first kappa shape index (κ1) is 18.4. The summed E-state index contributed by atoms with van der Waals surface area (Å²) in [6.07, 6.45) is -1.96. The molecule has 1 fully saturated rings. The van der Waals surface area contributed by atoms with E-state index in [4.69, 9.17) is 14.2 Å². The summed E-state index contributed by atoms with van der Waals surface area (Å²) in [5.41, 5.74) is 0.139. The van der Waals surface area contributed by atoms with Crippen molar-refractivity contribution >= 4 is 12.0 Å². The van der Waals surface area contributed by atoms with Crippen molar-refractivity contribution in [3.63, 3.8) is 0 Å². The zero-order valence-corrected chi connectivity index (χ0v) is 14.8. The second-order valence-electron chi connectivity index (χ2n) is 6.62. The highest BCUT2D eigenvalue weighted by Gasteiger charge is 2.54. The van der Waals surface area contributed by atoms with Crippen molar-refractivity contribution in [2.75, 3.05) is 6.61 Å². The molecule has 1 aliphatic heterocycles. The third-order valence-electron chi connectivity index (χ3n) is 3.52. The van der Waals surface area contributed by atoms with Gasteiger partial charge < -0.3 is 14.2 Å². The lowest BCUT2D eigenvalue weighted by Crippen LogP contribution is -2.63. The summed E-state index contributed by atoms with van der Waals surface area (Å²) in [5.74, 6) is -0.412. The molecular weight excluding hydrogens is 310 g/mol. The Balaban J connectivity index is 2.21. The average Bonchev–Trinajstić information content (AvgIpc) is 2.49. The van der Waals surface area contributed by atoms with Gasteiger partial charge in [0, 0.05) is 6.61 Å². The van der Waals surface area contributed by atoms with Crippen molar-refractivity contribution in [3.05, 3.63) is 35.9 Å². The number of imide groups is 1. The maximum Gasteiger partial charge on any atom is 0.417 e. The summed E-state index contributed by atoms with van der Waals surface area (Å²) >= 11 is 0. The molecule has 1 aliphatic rings. The number of β-lactam (4-membered cyclic amide) rings is 1. The highest BCUT2D eigenvalue weighted by atomic mass is 16.7. The molecule has 6 heteroatoms. The molecule has 0 bridgehead atoms. The summed E-state index contributed by atoms with van der Waals surface area (Å²) in [4.78, 5) is 26.0. The summed E-state index contributed by atoms with van der Waals surface area (Å²) in [6.45, 7) is 9.35. The van der Waals surface area contributed by atoms with E-state index < -0.39 is 36.0 Å². The largest absolute Gasteiger partial charge is 0.443 e. The van der Waals surface area contributed by atoms with E-state index >= 15 is 0 Å². The number of hydrogen-bond acceptors (Lipinski definition) is 5. The number of rotatable bonds is 5. The highest BCUT2D eigenvalue weighted by molar-refractivity contribution is 6.01. The maximum absolute atomic E-state index is 12.5. The SMILES string of the molecule is CCOC(C)O[C@@H]1C(=O)N(C(=O)OC(C)(C)C)[C@@H]1c1ccccc1. The predicted molar refractivity (Wildman–Crippen MR) is 88.2 cm³/mol. The van der Waals surface area contributed by atoms with Crippen LogP contribution in [0.25, 0.3) is 0 Å². The van der Waals surface area contributed by atoms with E-state index in [-0.39, 0.29) is 0 Å². The first-order chi connectivity index (χ1) is 11.2. The molecule has 0 spiro atoms. The minimum absolute atomic E-state index is 0.412. The van der Waals surface area contributed by atoms with Crippen LogP contribution in [-0.4, -0.2) is 41.5 Å². The Hall–Kier alpha value is -1.92. The van der Waals surface area contributed by atoms with Gasteiger partial charge in [-0.1, -0.05) is 30.3 Å². The number of likely N-dealkylation sites (tertiary alicyclic amines) is 1. The topological polar surface area (TPSA) is 65.1 Å². The Bertz CT molecular complexity index is 581. The molecule has 3 atom stereocenters. The van der Waals surface area contributed by atoms with Crippen LogP contribution in [0.5, 0.6) is 0 Å². The Labute approximate surface area is 142 Å².